The van der Waals surface area contributed by atoms with Crippen molar-refractivity contribution in [1.29, 1.82) is 0 Å². The van der Waals surface area contributed by atoms with Gasteiger partial charge in [-0.25, -0.2) is 0 Å². The van der Waals surface area contributed by atoms with E-state index in [-0.39, 0.29) is 31.7 Å². The molecule has 0 aliphatic rings. The number of aliphatic hydroxyl groups excluding tert-OH is 1. The predicted octanol–water partition coefficient (Wildman–Crippen LogP) is 2.72. The van der Waals surface area contributed by atoms with Gasteiger partial charge in [0.05, 0.1) is 0 Å². The molecule has 0 heterocycles. The van der Waals surface area contributed by atoms with E-state index in [0.717, 1.165) is 0 Å². The van der Waals surface area contributed by atoms with Gasteiger partial charge in [-0.15, -0.1) is 0 Å². The van der Waals surface area contributed by atoms with Crippen molar-refractivity contribution in [2.24, 2.45) is 0 Å². The van der Waals surface area contributed by atoms with E-state index in [4.69, 9.17) is 5.11 Å². The van der Waals surface area contributed by atoms with Crippen molar-refractivity contribution in [3.63, 3.8) is 0 Å². The quantitative estimate of drug-likeness (QED) is 0.628. The molecule has 0 spiro atoms. The molecule has 0 aromatic heterocycles. The van der Waals surface area contributed by atoms with Gasteiger partial charge in [0.15, 0.2) is 0 Å². The first kappa shape index (κ1) is 10.6. The van der Waals surface area contributed by atoms with E-state index in [9.17, 15) is 8.78 Å². The molecule has 1 aromatic rings. The van der Waals surface area contributed by atoms with Gasteiger partial charge in [-0.2, -0.15) is 0 Å². The van der Waals surface area contributed by atoms with Crippen molar-refractivity contribution in [3.8, 4) is 0 Å². The standard InChI is InChI=1S/C9H7F2O.Hg/c1-7(12)9(10,11)8-5-3-2-4-6-8;/h1-6,12H;. The van der Waals surface area contributed by atoms with Gasteiger partial charge < -0.3 is 0 Å². The normalized spacial score (nSPS) is 13.1. The molecule has 1 nitrogen and oxygen atoms in total. The molecule has 0 aliphatic heterocycles. The first-order valence-corrected chi connectivity index (χ1v) is 6.88. The van der Waals surface area contributed by atoms with Crippen molar-refractivity contribution in [2.45, 2.75) is 5.92 Å². The molecular weight excluding hydrogens is 363 g/mol. The summed E-state index contributed by atoms with van der Waals surface area (Å²) in [5, 5.41) is 9.00. The number of halogens is 2. The summed E-state index contributed by atoms with van der Waals surface area (Å²) in [4.78, 5) is 0. The van der Waals surface area contributed by atoms with Gasteiger partial charge >= 0.3 is 91.2 Å². The third-order valence-electron chi connectivity index (χ3n) is 1.65. The van der Waals surface area contributed by atoms with Crippen LogP contribution in [0.4, 0.5) is 8.78 Å². The second-order valence-electron chi connectivity index (χ2n) is 2.53. The van der Waals surface area contributed by atoms with Crippen molar-refractivity contribution in [3.05, 3.63) is 45.2 Å². The van der Waals surface area contributed by atoms with Crippen molar-refractivity contribution in [1.82, 2.24) is 0 Å². The Morgan fingerprint density at radius 1 is 1.31 bits per heavy atom. The monoisotopic (exact) mass is 371 g/mol. The van der Waals surface area contributed by atoms with E-state index in [1.165, 1.54) is 27.9 Å². The Kier molecular flexibility index (Phi) is 3.42. The van der Waals surface area contributed by atoms with Gasteiger partial charge in [-0.1, -0.05) is 0 Å². The Balaban J connectivity index is 3.08. The fourth-order valence-corrected chi connectivity index (χ4v) is 1.92. The fraction of sp³-hybridized carbons (Fsp3) is 0.111. The average Bonchev–Trinajstić information content (AvgIpc) is 2.18. The number of rotatable bonds is 2. The average molecular weight is 370 g/mol. The van der Waals surface area contributed by atoms with Crippen LogP contribution >= 0.6 is 0 Å². The molecule has 0 bridgehead atoms. The maximum absolute atomic E-state index is 13.3. The van der Waals surface area contributed by atoms with Crippen molar-refractivity contribution < 1.29 is 40.0 Å². The fourth-order valence-electron chi connectivity index (χ4n) is 0.924. The Morgan fingerprint density at radius 3 is 2.31 bits per heavy atom. The summed E-state index contributed by atoms with van der Waals surface area (Å²) in [5.74, 6) is -4.06. The molecule has 13 heavy (non-hydrogen) atoms. The van der Waals surface area contributed by atoms with E-state index in [1.54, 1.807) is 6.07 Å². The molecular formula is C9H7F2HgO. The second kappa shape index (κ2) is 4.18. The zero-order valence-electron chi connectivity index (χ0n) is 6.87. The first-order valence-electron chi connectivity index (χ1n) is 3.71. The number of hydrogen-bond acceptors (Lipinski definition) is 1. The number of hydrogen-bond donors (Lipinski definition) is 1. The molecule has 4 heteroatoms. The Bertz CT molecular complexity index is 309. The molecule has 0 radical (unpaired) electrons. The third kappa shape index (κ3) is 2.27. The van der Waals surface area contributed by atoms with Gasteiger partial charge in [-0.05, 0) is 0 Å². The number of allylic oxidation sites excluding steroid dienone is 1. The topological polar surface area (TPSA) is 20.2 Å². The zero-order chi connectivity index (χ0) is 9.90. The maximum atomic E-state index is 13.3. The summed E-state index contributed by atoms with van der Waals surface area (Å²) in [6, 6.07) is 7.30. The van der Waals surface area contributed by atoms with Crippen LogP contribution in [0.1, 0.15) is 5.56 Å². The van der Waals surface area contributed by atoms with Crippen molar-refractivity contribution in [2.75, 3.05) is 0 Å². The van der Waals surface area contributed by atoms with Crippen LogP contribution in [0.15, 0.2) is 39.7 Å². The molecule has 1 rings (SSSR count). The van der Waals surface area contributed by atoms with Crippen LogP contribution in [0.2, 0.25) is 0 Å². The minimum absolute atomic E-state index is 0.0309. The first-order chi connectivity index (χ1) is 6.09. The second-order valence-corrected chi connectivity index (χ2v) is 4.12. The zero-order valence-corrected chi connectivity index (χ0v) is 12.4. The molecule has 0 saturated heterocycles. The summed E-state index contributed by atoms with van der Waals surface area (Å²) >= 11 is 0.0309. The molecule has 0 atom stereocenters. The van der Waals surface area contributed by atoms with Crippen LogP contribution in [0, 0.1) is 0 Å². The molecule has 0 saturated carbocycles. The van der Waals surface area contributed by atoms with Crippen molar-refractivity contribution >= 4 is 0 Å². The number of alkyl halides is 2. The van der Waals surface area contributed by atoms with Crippen LogP contribution < -0.4 is 0 Å². The van der Waals surface area contributed by atoms with Gasteiger partial charge in [0.2, 0.25) is 0 Å². The van der Waals surface area contributed by atoms with Gasteiger partial charge in [0, 0.05) is 0 Å². The molecule has 0 amide bonds. The molecule has 65 valence electrons. The van der Waals surface area contributed by atoms with Crippen LogP contribution in [0.25, 0.3) is 0 Å². The Morgan fingerprint density at radius 2 is 1.85 bits per heavy atom. The molecule has 0 aliphatic carbocycles. The molecule has 0 unspecified atom stereocenters. The summed E-state index contributed by atoms with van der Waals surface area (Å²) < 4.78 is 27.7. The van der Waals surface area contributed by atoms with E-state index in [2.05, 4.69) is 0 Å². The van der Waals surface area contributed by atoms with Gasteiger partial charge in [0.1, 0.15) is 0 Å². The summed E-state index contributed by atoms with van der Waals surface area (Å²) in [7, 11) is 0. The Hall–Kier alpha value is -0.445. The Labute approximate surface area is 91.1 Å². The third-order valence-corrected chi connectivity index (χ3v) is 3.15. The summed E-state index contributed by atoms with van der Waals surface area (Å²) in [5.41, 5.74) is -0.172. The van der Waals surface area contributed by atoms with E-state index in [0.29, 0.717) is 0 Å². The van der Waals surface area contributed by atoms with Crippen LogP contribution in [0.3, 0.4) is 0 Å². The van der Waals surface area contributed by atoms with Gasteiger partial charge in [0.25, 0.3) is 0 Å². The summed E-state index contributed by atoms with van der Waals surface area (Å²) in [6.45, 7) is 0. The van der Waals surface area contributed by atoms with Crippen LogP contribution in [-0.4, -0.2) is 5.11 Å². The number of benzene rings is 1. The minimum atomic E-state index is -3.23. The number of aliphatic hydroxyl groups is 1. The van der Waals surface area contributed by atoms with Crippen LogP contribution in [0.5, 0.6) is 0 Å². The van der Waals surface area contributed by atoms with E-state index >= 15 is 0 Å². The molecule has 1 aromatic carbocycles. The molecule has 0 fully saturated rings. The molecule has 1 N–H and O–H groups in total. The van der Waals surface area contributed by atoms with Gasteiger partial charge in [-0.3, -0.25) is 0 Å². The van der Waals surface area contributed by atoms with Crippen LogP contribution in [-0.2, 0) is 32.0 Å². The predicted molar refractivity (Wildman–Crippen MR) is 41.0 cm³/mol. The van der Waals surface area contributed by atoms with E-state index < -0.39 is 11.7 Å². The SMILES string of the molecule is O/C(=[CH]\[Hg])C(F)(F)c1ccccc1. The summed E-state index contributed by atoms with van der Waals surface area (Å²) in [6.07, 6.45) is 0. The van der Waals surface area contributed by atoms with E-state index in [1.807, 2.05) is 0 Å².